The summed E-state index contributed by atoms with van der Waals surface area (Å²) in [7, 11) is 0. The topological polar surface area (TPSA) is 24.1 Å². The molecule has 0 bridgehead atoms. The quantitative estimate of drug-likeness (QED) is 0.776. The van der Waals surface area contributed by atoms with Crippen LogP contribution < -0.4 is 10.6 Å². The van der Waals surface area contributed by atoms with E-state index < -0.39 is 0 Å². The van der Waals surface area contributed by atoms with Crippen molar-refractivity contribution in [2.24, 2.45) is 0 Å². The Morgan fingerprint density at radius 3 is 2.73 bits per heavy atom. The maximum atomic E-state index is 3.63. The lowest BCUT2D eigenvalue weighted by Crippen LogP contribution is -2.57. The zero-order chi connectivity index (χ0) is 10.7. The van der Waals surface area contributed by atoms with E-state index >= 15 is 0 Å². The van der Waals surface area contributed by atoms with Gasteiger partial charge < -0.3 is 10.6 Å². The van der Waals surface area contributed by atoms with Crippen molar-refractivity contribution >= 4 is 0 Å². The van der Waals surface area contributed by atoms with Crippen LogP contribution in [0.1, 0.15) is 18.1 Å². The van der Waals surface area contributed by atoms with E-state index in [-0.39, 0.29) is 0 Å². The van der Waals surface area contributed by atoms with Gasteiger partial charge in [-0.05, 0) is 31.4 Å². The summed E-state index contributed by atoms with van der Waals surface area (Å²) >= 11 is 0. The smallest absolute Gasteiger partial charge is 0.0319 e. The van der Waals surface area contributed by atoms with Crippen LogP contribution in [-0.4, -0.2) is 25.2 Å². The van der Waals surface area contributed by atoms with Gasteiger partial charge in [-0.25, -0.2) is 0 Å². The van der Waals surface area contributed by atoms with E-state index in [9.17, 15) is 0 Å². The van der Waals surface area contributed by atoms with Crippen LogP contribution in [0.15, 0.2) is 24.3 Å². The normalized spacial score (nSPS) is 18.5. The third kappa shape index (κ3) is 2.80. The first-order valence-corrected chi connectivity index (χ1v) is 5.77. The molecule has 1 unspecified atom stereocenters. The van der Waals surface area contributed by atoms with Crippen LogP contribution in [0, 0.1) is 6.92 Å². The van der Waals surface area contributed by atoms with E-state index in [0.717, 1.165) is 19.5 Å². The van der Waals surface area contributed by atoms with Crippen LogP contribution in [0.2, 0.25) is 0 Å². The molecule has 2 rings (SSSR count). The van der Waals surface area contributed by atoms with Crippen LogP contribution in [0.5, 0.6) is 0 Å². The minimum absolute atomic E-state index is 0.568. The van der Waals surface area contributed by atoms with Crippen LogP contribution in [0.3, 0.4) is 0 Å². The summed E-state index contributed by atoms with van der Waals surface area (Å²) in [5.41, 5.74) is 2.86. The van der Waals surface area contributed by atoms with Gasteiger partial charge in [0.25, 0.3) is 0 Å². The molecule has 0 aromatic heterocycles. The first-order valence-electron chi connectivity index (χ1n) is 5.77. The summed E-state index contributed by atoms with van der Waals surface area (Å²) < 4.78 is 0. The summed E-state index contributed by atoms with van der Waals surface area (Å²) in [5.74, 6) is 0. The lowest BCUT2D eigenvalue weighted by atomic mass is 10.0. The average molecular weight is 204 g/mol. The second-order valence-corrected chi connectivity index (χ2v) is 4.55. The van der Waals surface area contributed by atoms with E-state index in [1.807, 2.05) is 0 Å². The lowest BCUT2D eigenvalue weighted by molar-refractivity contribution is 0.334. The second-order valence-electron chi connectivity index (χ2n) is 4.55. The van der Waals surface area contributed by atoms with Crippen LogP contribution in [0.4, 0.5) is 0 Å². The van der Waals surface area contributed by atoms with Gasteiger partial charge >= 0.3 is 0 Å². The van der Waals surface area contributed by atoms with Crippen molar-refractivity contribution in [1.82, 2.24) is 10.6 Å². The van der Waals surface area contributed by atoms with Crippen molar-refractivity contribution in [2.45, 2.75) is 32.4 Å². The minimum atomic E-state index is 0.568. The highest BCUT2D eigenvalue weighted by Gasteiger charge is 2.18. The number of rotatable bonds is 4. The Hall–Kier alpha value is -0.860. The van der Waals surface area contributed by atoms with E-state index in [2.05, 4.69) is 48.7 Å². The number of nitrogens with one attached hydrogen (secondary N) is 2. The molecule has 1 aliphatic rings. The molecule has 1 aromatic carbocycles. The Morgan fingerprint density at radius 1 is 1.40 bits per heavy atom. The van der Waals surface area contributed by atoms with Gasteiger partial charge in [0.2, 0.25) is 0 Å². The van der Waals surface area contributed by atoms with Gasteiger partial charge in [0.15, 0.2) is 0 Å². The van der Waals surface area contributed by atoms with Gasteiger partial charge in [0.1, 0.15) is 0 Å². The van der Waals surface area contributed by atoms with Gasteiger partial charge in [-0.3, -0.25) is 0 Å². The summed E-state index contributed by atoms with van der Waals surface area (Å²) in [6.45, 7) is 6.70. The summed E-state index contributed by atoms with van der Waals surface area (Å²) in [6.07, 6.45) is 1.13. The largest absolute Gasteiger partial charge is 0.314 e. The Kier molecular flexibility index (Phi) is 3.39. The van der Waals surface area contributed by atoms with Crippen LogP contribution in [0.25, 0.3) is 0 Å². The molecule has 2 nitrogen and oxygen atoms in total. The fourth-order valence-electron chi connectivity index (χ4n) is 2.04. The SMILES string of the molecule is Cc1ccccc1CC(C)NC1CNC1. The molecule has 2 N–H and O–H groups in total. The summed E-state index contributed by atoms with van der Waals surface area (Å²) in [6, 6.07) is 9.90. The molecule has 1 heterocycles. The summed E-state index contributed by atoms with van der Waals surface area (Å²) in [4.78, 5) is 0. The van der Waals surface area contributed by atoms with Crippen molar-refractivity contribution in [1.29, 1.82) is 0 Å². The maximum Gasteiger partial charge on any atom is 0.0319 e. The molecule has 0 spiro atoms. The van der Waals surface area contributed by atoms with E-state index in [1.165, 1.54) is 11.1 Å². The van der Waals surface area contributed by atoms with Gasteiger partial charge in [-0.2, -0.15) is 0 Å². The zero-order valence-electron chi connectivity index (χ0n) is 9.59. The lowest BCUT2D eigenvalue weighted by Gasteiger charge is -2.31. The standard InChI is InChI=1S/C13H20N2/c1-10-5-3-4-6-12(10)7-11(2)15-13-8-14-9-13/h3-6,11,13-15H,7-9H2,1-2H3. The van der Waals surface area contributed by atoms with E-state index in [4.69, 9.17) is 0 Å². The highest BCUT2D eigenvalue weighted by Crippen LogP contribution is 2.10. The molecule has 1 aromatic rings. The predicted molar refractivity (Wildman–Crippen MR) is 64.1 cm³/mol. The van der Waals surface area contributed by atoms with Crippen LogP contribution >= 0.6 is 0 Å². The molecule has 0 saturated carbocycles. The Labute approximate surface area is 92.1 Å². The van der Waals surface area contributed by atoms with Gasteiger partial charge in [0.05, 0.1) is 0 Å². The highest BCUT2D eigenvalue weighted by atomic mass is 15.1. The molecule has 15 heavy (non-hydrogen) atoms. The number of benzene rings is 1. The number of hydrogen-bond donors (Lipinski definition) is 2. The third-order valence-corrected chi connectivity index (χ3v) is 3.09. The van der Waals surface area contributed by atoms with Crippen molar-refractivity contribution in [3.8, 4) is 0 Å². The molecule has 82 valence electrons. The first-order chi connectivity index (χ1) is 7.25. The fraction of sp³-hybridized carbons (Fsp3) is 0.538. The Morgan fingerprint density at radius 2 is 2.13 bits per heavy atom. The van der Waals surface area contributed by atoms with E-state index in [0.29, 0.717) is 12.1 Å². The average Bonchev–Trinajstić information content (AvgIpc) is 2.16. The zero-order valence-corrected chi connectivity index (χ0v) is 9.59. The minimum Gasteiger partial charge on any atom is -0.314 e. The maximum absolute atomic E-state index is 3.63. The molecule has 0 radical (unpaired) electrons. The third-order valence-electron chi connectivity index (χ3n) is 3.09. The van der Waals surface area contributed by atoms with Crippen molar-refractivity contribution < 1.29 is 0 Å². The van der Waals surface area contributed by atoms with Crippen molar-refractivity contribution in [3.05, 3.63) is 35.4 Å². The Bertz CT molecular complexity index is 318. The number of aryl methyl sites for hydroxylation is 1. The fourth-order valence-corrected chi connectivity index (χ4v) is 2.04. The van der Waals surface area contributed by atoms with Crippen LogP contribution in [-0.2, 0) is 6.42 Å². The second kappa shape index (κ2) is 4.77. The molecular weight excluding hydrogens is 184 g/mol. The first kappa shape index (κ1) is 10.7. The molecule has 0 aliphatic carbocycles. The monoisotopic (exact) mass is 204 g/mol. The molecule has 1 saturated heterocycles. The number of hydrogen-bond acceptors (Lipinski definition) is 2. The molecule has 2 heteroatoms. The molecule has 1 aliphatic heterocycles. The Balaban J connectivity index is 1.87. The van der Waals surface area contributed by atoms with Gasteiger partial charge in [-0.1, -0.05) is 24.3 Å². The van der Waals surface area contributed by atoms with Gasteiger partial charge in [-0.15, -0.1) is 0 Å². The molecular formula is C13H20N2. The van der Waals surface area contributed by atoms with E-state index in [1.54, 1.807) is 0 Å². The molecule has 1 atom stereocenters. The molecule has 1 fully saturated rings. The highest BCUT2D eigenvalue weighted by molar-refractivity contribution is 5.26. The van der Waals surface area contributed by atoms with Crippen molar-refractivity contribution in [2.75, 3.05) is 13.1 Å². The van der Waals surface area contributed by atoms with Gasteiger partial charge in [0, 0.05) is 25.2 Å². The predicted octanol–water partition coefficient (Wildman–Crippen LogP) is 1.49. The summed E-state index contributed by atoms with van der Waals surface area (Å²) in [5, 5.41) is 6.91. The molecule has 0 amide bonds. The van der Waals surface area contributed by atoms with Crippen molar-refractivity contribution in [3.63, 3.8) is 0 Å².